The zero-order chi connectivity index (χ0) is 37.7. The van der Waals surface area contributed by atoms with Crippen molar-refractivity contribution in [1.29, 1.82) is 0 Å². The minimum atomic E-state index is 0.846. The Labute approximate surface area is 330 Å². The van der Waals surface area contributed by atoms with Crippen molar-refractivity contribution in [3.05, 3.63) is 212 Å². The molecule has 0 atom stereocenters. The Morgan fingerprint density at radius 1 is 0.281 bits per heavy atom. The van der Waals surface area contributed by atoms with E-state index in [2.05, 4.69) is 193 Å². The first kappa shape index (κ1) is 32.8. The number of fused-ring (bicyclic) bond motifs is 7. The number of rotatable bonds is 7. The summed E-state index contributed by atoms with van der Waals surface area (Å²) in [5.41, 5.74) is 15.9. The number of furan rings is 2. The monoisotopic (exact) mass is 729 g/mol. The molecule has 11 aromatic rings. The maximum Gasteiger partial charge on any atom is 0.143 e. The molecular formula is C54H35NO2. The predicted octanol–water partition coefficient (Wildman–Crippen LogP) is 15.6. The Kier molecular flexibility index (Phi) is 7.82. The van der Waals surface area contributed by atoms with E-state index in [0.717, 1.165) is 94.3 Å². The summed E-state index contributed by atoms with van der Waals surface area (Å²) in [7, 11) is 0. The first-order chi connectivity index (χ1) is 28.2. The highest BCUT2D eigenvalue weighted by molar-refractivity contribution is 6.27. The lowest BCUT2D eigenvalue weighted by atomic mass is 9.93. The van der Waals surface area contributed by atoms with Gasteiger partial charge in [-0.25, -0.2) is 0 Å². The third kappa shape index (κ3) is 5.76. The van der Waals surface area contributed by atoms with Gasteiger partial charge >= 0.3 is 0 Å². The average Bonchev–Trinajstić information content (AvgIpc) is 3.86. The molecule has 0 radical (unpaired) electrons. The molecule has 57 heavy (non-hydrogen) atoms. The van der Waals surface area contributed by atoms with Gasteiger partial charge in [-0.3, -0.25) is 0 Å². The molecule has 0 bridgehead atoms. The zero-order valence-corrected chi connectivity index (χ0v) is 31.0. The molecule has 3 nitrogen and oxygen atoms in total. The van der Waals surface area contributed by atoms with E-state index in [1.54, 1.807) is 0 Å². The van der Waals surface area contributed by atoms with Crippen LogP contribution in [0.5, 0.6) is 0 Å². The summed E-state index contributed by atoms with van der Waals surface area (Å²) < 4.78 is 13.1. The van der Waals surface area contributed by atoms with Gasteiger partial charge in [-0.05, 0) is 106 Å². The Morgan fingerprint density at radius 2 is 0.719 bits per heavy atom. The average molecular weight is 730 g/mol. The molecule has 9 aromatic carbocycles. The highest BCUT2D eigenvalue weighted by Crippen LogP contribution is 2.45. The third-order valence-corrected chi connectivity index (χ3v) is 11.1. The van der Waals surface area contributed by atoms with Crippen molar-refractivity contribution in [3.8, 4) is 44.5 Å². The molecule has 0 unspecified atom stereocenters. The summed E-state index contributed by atoms with van der Waals surface area (Å²) in [6.07, 6.45) is 0. The van der Waals surface area contributed by atoms with E-state index in [9.17, 15) is 0 Å². The second kappa shape index (κ2) is 13.6. The van der Waals surface area contributed by atoms with E-state index >= 15 is 0 Å². The fraction of sp³-hybridized carbons (Fsp3) is 0. The molecule has 0 saturated carbocycles. The number of para-hydroxylation sites is 3. The smallest absolute Gasteiger partial charge is 0.143 e. The highest BCUT2D eigenvalue weighted by Gasteiger charge is 2.20. The van der Waals surface area contributed by atoms with Gasteiger partial charge < -0.3 is 13.7 Å². The van der Waals surface area contributed by atoms with Crippen molar-refractivity contribution < 1.29 is 8.83 Å². The second-order valence-corrected chi connectivity index (χ2v) is 14.5. The number of benzene rings is 9. The predicted molar refractivity (Wildman–Crippen MR) is 237 cm³/mol. The maximum atomic E-state index is 6.81. The van der Waals surface area contributed by atoms with Crippen molar-refractivity contribution in [2.75, 3.05) is 4.90 Å². The number of hydrogen-bond acceptors (Lipinski definition) is 3. The van der Waals surface area contributed by atoms with Crippen molar-refractivity contribution in [3.63, 3.8) is 0 Å². The molecule has 0 aliphatic carbocycles. The van der Waals surface area contributed by atoms with Gasteiger partial charge in [0.2, 0.25) is 0 Å². The summed E-state index contributed by atoms with van der Waals surface area (Å²) in [4.78, 5) is 2.29. The van der Waals surface area contributed by atoms with Crippen LogP contribution in [0, 0.1) is 0 Å². The lowest BCUT2D eigenvalue weighted by Crippen LogP contribution is -2.09. The Balaban J connectivity index is 1.02. The molecule has 0 amide bonds. The van der Waals surface area contributed by atoms with Crippen LogP contribution in [-0.2, 0) is 0 Å². The molecule has 3 heteroatoms. The molecular weight excluding hydrogens is 695 g/mol. The minimum absolute atomic E-state index is 0.846. The van der Waals surface area contributed by atoms with Gasteiger partial charge in [0, 0.05) is 44.2 Å². The van der Waals surface area contributed by atoms with Crippen molar-refractivity contribution in [2.24, 2.45) is 0 Å². The summed E-state index contributed by atoms with van der Waals surface area (Å²) in [6, 6.07) is 75.0. The summed E-state index contributed by atoms with van der Waals surface area (Å²) >= 11 is 0. The van der Waals surface area contributed by atoms with Gasteiger partial charge in [-0.1, -0.05) is 146 Å². The zero-order valence-electron chi connectivity index (χ0n) is 31.0. The molecule has 2 heterocycles. The van der Waals surface area contributed by atoms with Gasteiger partial charge in [-0.15, -0.1) is 0 Å². The number of hydrogen-bond donors (Lipinski definition) is 0. The molecule has 0 saturated heterocycles. The standard InChI is InChI=1S/C54H35NO2/c1-4-12-36(13-5-1)37-20-22-40(23-21-37)42-34-47(54-48(35-42)53-51(57-54)33-32-50-52(53)46-18-10-11-19-49(46)56-50)41-26-24-38(25-27-41)39-28-30-45(31-29-39)55(43-14-6-2-7-15-43)44-16-8-3-9-17-44/h1-35H. The molecule has 0 aliphatic rings. The van der Waals surface area contributed by atoms with Crippen molar-refractivity contribution >= 4 is 60.9 Å². The molecule has 0 spiro atoms. The van der Waals surface area contributed by atoms with Crippen LogP contribution in [0.15, 0.2) is 221 Å². The Morgan fingerprint density at radius 3 is 1.33 bits per heavy atom. The van der Waals surface area contributed by atoms with E-state index in [-0.39, 0.29) is 0 Å². The summed E-state index contributed by atoms with van der Waals surface area (Å²) in [5.74, 6) is 0. The normalized spacial score (nSPS) is 11.5. The number of anilines is 3. The van der Waals surface area contributed by atoms with Crippen LogP contribution in [0.25, 0.3) is 88.4 Å². The topological polar surface area (TPSA) is 29.5 Å². The van der Waals surface area contributed by atoms with Gasteiger partial charge in [-0.2, -0.15) is 0 Å². The van der Waals surface area contributed by atoms with Crippen molar-refractivity contribution in [2.45, 2.75) is 0 Å². The van der Waals surface area contributed by atoms with E-state index in [1.165, 1.54) is 11.1 Å². The molecule has 2 aromatic heterocycles. The third-order valence-electron chi connectivity index (χ3n) is 11.1. The van der Waals surface area contributed by atoms with Crippen molar-refractivity contribution in [1.82, 2.24) is 0 Å². The van der Waals surface area contributed by atoms with E-state index in [0.29, 0.717) is 0 Å². The van der Waals surface area contributed by atoms with Crippen LogP contribution in [-0.4, -0.2) is 0 Å². The summed E-state index contributed by atoms with van der Waals surface area (Å²) in [6.45, 7) is 0. The minimum Gasteiger partial charge on any atom is -0.456 e. The van der Waals surface area contributed by atoms with E-state index in [4.69, 9.17) is 8.83 Å². The summed E-state index contributed by atoms with van der Waals surface area (Å²) in [5, 5.41) is 4.32. The van der Waals surface area contributed by atoms with Crippen LogP contribution in [0.2, 0.25) is 0 Å². The number of nitrogens with zero attached hydrogens (tertiary/aromatic N) is 1. The largest absolute Gasteiger partial charge is 0.456 e. The Bertz CT molecular complexity index is 3140. The molecule has 11 rings (SSSR count). The van der Waals surface area contributed by atoms with E-state index in [1.807, 2.05) is 24.3 Å². The van der Waals surface area contributed by atoms with Crippen LogP contribution >= 0.6 is 0 Å². The molecule has 0 aliphatic heterocycles. The SMILES string of the molecule is c1ccc(-c2ccc(-c3cc(-c4ccc(-c5ccc(N(c6ccccc6)c6ccccc6)cc5)cc4)c4oc5ccc6oc7ccccc7c6c5c4c3)cc2)cc1. The first-order valence-corrected chi connectivity index (χ1v) is 19.3. The molecule has 268 valence electrons. The maximum absolute atomic E-state index is 6.81. The first-order valence-electron chi connectivity index (χ1n) is 19.3. The van der Waals surface area contributed by atoms with Gasteiger partial charge in [0.25, 0.3) is 0 Å². The van der Waals surface area contributed by atoms with Crippen LogP contribution < -0.4 is 4.90 Å². The molecule has 0 N–H and O–H groups in total. The van der Waals surface area contributed by atoms with Gasteiger partial charge in [0.1, 0.15) is 22.3 Å². The molecule has 0 fully saturated rings. The van der Waals surface area contributed by atoms with Crippen LogP contribution in [0.1, 0.15) is 0 Å². The second-order valence-electron chi connectivity index (χ2n) is 14.5. The Hall–Kier alpha value is -7.62. The fourth-order valence-electron chi connectivity index (χ4n) is 8.30. The van der Waals surface area contributed by atoms with Gasteiger partial charge in [0.05, 0.1) is 0 Å². The fourth-order valence-corrected chi connectivity index (χ4v) is 8.30. The van der Waals surface area contributed by atoms with Crippen LogP contribution in [0.4, 0.5) is 17.1 Å². The quantitative estimate of drug-likeness (QED) is 0.164. The van der Waals surface area contributed by atoms with Crippen LogP contribution in [0.3, 0.4) is 0 Å². The lowest BCUT2D eigenvalue weighted by Gasteiger charge is -2.25. The lowest BCUT2D eigenvalue weighted by molar-refractivity contribution is 0.663. The van der Waals surface area contributed by atoms with Gasteiger partial charge in [0.15, 0.2) is 0 Å². The highest BCUT2D eigenvalue weighted by atomic mass is 16.3. The van der Waals surface area contributed by atoms with E-state index < -0.39 is 0 Å².